The summed E-state index contributed by atoms with van der Waals surface area (Å²) in [5.74, 6) is 1.80. The molecule has 2 bridgehead atoms. The summed E-state index contributed by atoms with van der Waals surface area (Å²) in [6.07, 6.45) is 1.17. The molecule has 0 saturated carbocycles. The number of likely N-dealkylation sites (tertiary alicyclic amines) is 1. The standard InChI is InChI=1S/C23H24N2O2S/c1-27-19-6-4-17(5-7-19)21-8-9-22(26)25-13-16-11-18(23(21)25)14-24(12-16)15-20-3-2-10-28-20/h2-10,16,18H,11-15H2,1H3/t16-,18+/m0/s1. The van der Waals surface area contributed by atoms with Gasteiger partial charge in [-0.3, -0.25) is 9.69 Å². The van der Waals surface area contributed by atoms with Gasteiger partial charge >= 0.3 is 0 Å². The molecule has 1 aromatic carbocycles. The molecule has 2 atom stereocenters. The lowest BCUT2D eigenvalue weighted by Gasteiger charge is -2.43. The van der Waals surface area contributed by atoms with Crippen molar-refractivity contribution in [3.8, 4) is 16.9 Å². The van der Waals surface area contributed by atoms with E-state index in [-0.39, 0.29) is 5.56 Å². The first-order valence-electron chi connectivity index (χ1n) is 9.84. The Morgan fingerprint density at radius 2 is 1.93 bits per heavy atom. The van der Waals surface area contributed by atoms with Crippen molar-refractivity contribution < 1.29 is 4.74 Å². The van der Waals surface area contributed by atoms with Crippen molar-refractivity contribution >= 4 is 11.3 Å². The molecule has 0 N–H and O–H groups in total. The van der Waals surface area contributed by atoms with Crippen LogP contribution >= 0.6 is 11.3 Å². The SMILES string of the molecule is COc1ccc(-c2ccc(=O)n3c2[C@@H]2C[C@@H](CN(Cc4cccs4)C2)C3)cc1. The van der Waals surface area contributed by atoms with Crippen LogP contribution in [0.3, 0.4) is 0 Å². The molecule has 1 fully saturated rings. The summed E-state index contributed by atoms with van der Waals surface area (Å²) in [5.41, 5.74) is 3.68. The quantitative estimate of drug-likeness (QED) is 0.667. The molecule has 0 spiro atoms. The molecule has 5 heteroatoms. The molecule has 2 aliphatic heterocycles. The number of ether oxygens (including phenoxy) is 1. The molecule has 0 aliphatic carbocycles. The number of piperidine rings is 1. The number of hydrogen-bond acceptors (Lipinski definition) is 4. The minimum absolute atomic E-state index is 0.133. The van der Waals surface area contributed by atoms with Crippen LogP contribution in [0.1, 0.15) is 22.9 Å². The summed E-state index contributed by atoms with van der Waals surface area (Å²) in [5, 5.41) is 2.15. The number of fused-ring (bicyclic) bond motifs is 4. The predicted octanol–water partition coefficient (Wildman–Crippen LogP) is 4.20. The average molecular weight is 393 g/mol. The molecule has 2 aromatic heterocycles. The number of benzene rings is 1. The van der Waals surface area contributed by atoms with Crippen LogP contribution in [0.15, 0.2) is 58.7 Å². The van der Waals surface area contributed by atoms with Crippen LogP contribution in [0, 0.1) is 5.92 Å². The second-order valence-electron chi connectivity index (χ2n) is 7.88. The van der Waals surface area contributed by atoms with Crippen molar-refractivity contribution in [1.29, 1.82) is 0 Å². The summed E-state index contributed by atoms with van der Waals surface area (Å²) >= 11 is 1.83. The van der Waals surface area contributed by atoms with Crippen LogP contribution in [0.5, 0.6) is 5.75 Å². The van der Waals surface area contributed by atoms with Crippen molar-refractivity contribution in [3.05, 3.63) is 74.8 Å². The Kier molecular flexibility index (Phi) is 4.57. The zero-order chi connectivity index (χ0) is 19.1. The van der Waals surface area contributed by atoms with Crippen LogP contribution in [-0.4, -0.2) is 29.7 Å². The van der Waals surface area contributed by atoms with Gasteiger partial charge in [0.25, 0.3) is 5.56 Å². The summed E-state index contributed by atoms with van der Waals surface area (Å²) in [6, 6.07) is 16.3. The maximum Gasteiger partial charge on any atom is 0.250 e. The summed E-state index contributed by atoms with van der Waals surface area (Å²) in [6.45, 7) is 3.93. The molecule has 144 valence electrons. The lowest BCUT2D eigenvalue weighted by atomic mass is 9.80. The zero-order valence-electron chi connectivity index (χ0n) is 16.0. The van der Waals surface area contributed by atoms with Crippen LogP contribution in [0.25, 0.3) is 11.1 Å². The molecular formula is C23H24N2O2S. The molecule has 2 aliphatic rings. The fourth-order valence-electron chi connectivity index (χ4n) is 4.88. The van der Waals surface area contributed by atoms with Gasteiger partial charge in [0.2, 0.25) is 0 Å². The minimum atomic E-state index is 0.133. The number of rotatable bonds is 4. The molecule has 28 heavy (non-hydrogen) atoms. The lowest BCUT2D eigenvalue weighted by molar-refractivity contribution is 0.115. The largest absolute Gasteiger partial charge is 0.497 e. The zero-order valence-corrected chi connectivity index (χ0v) is 16.8. The molecule has 4 heterocycles. The maximum absolute atomic E-state index is 12.6. The van der Waals surface area contributed by atoms with Gasteiger partial charge in [-0.25, -0.2) is 0 Å². The van der Waals surface area contributed by atoms with E-state index in [1.54, 1.807) is 13.2 Å². The topological polar surface area (TPSA) is 34.5 Å². The van der Waals surface area contributed by atoms with Crippen LogP contribution in [0.2, 0.25) is 0 Å². The van der Waals surface area contributed by atoms with E-state index in [0.29, 0.717) is 11.8 Å². The molecule has 1 saturated heterocycles. The molecule has 4 nitrogen and oxygen atoms in total. The van der Waals surface area contributed by atoms with E-state index in [1.807, 2.05) is 34.1 Å². The fourth-order valence-corrected chi connectivity index (χ4v) is 5.63. The van der Waals surface area contributed by atoms with Crippen molar-refractivity contribution in [3.63, 3.8) is 0 Å². The molecule has 0 radical (unpaired) electrons. The van der Waals surface area contributed by atoms with Gasteiger partial charge in [0.05, 0.1) is 7.11 Å². The second kappa shape index (κ2) is 7.22. The normalized spacial score (nSPS) is 21.3. The van der Waals surface area contributed by atoms with E-state index in [4.69, 9.17) is 4.74 Å². The van der Waals surface area contributed by atoms with Gasteiger partial charge in [-0.2, -0.15) is 0 Å². The summed E-state index contributed by atoms with van der Waals surface area (Å²) in [7, 11) is 1.68. The number of thiophene rings is 1. The molecular weight excluding hydrogens is 368 g/mol. The Morgan fingerprint density at radius 3 is 2.68 bits per heavy atom. The number of pyridine rings is 1. The minimum Gasteiger partial charge on any atom is -0.497 e. The van der Waals surface area contributed by atoms with Gasteiger partial charge in [-0.1, -0.05) is 18.2 Å². The first kappa shape index (κ1) is 17.7. The first-order chi connectivity index (χ1) is 13.7. The Balaban J connectivity index is 1.52. The van der Waals surface area contributed by atoms with Gasteiger partial charge in [0.1, 0.15) is 5.75 Å². The molecule has 0 unspecified atom stereocenters. The van der Waals surface area contributed by atoms with Gasteiger partial charge < -0.3 is 9.30 Å². The van der Waals surface area contributed by atoms with Crippen molar-refractivity contribution in [2.24, 2.45) is 5.92 Å². The van der Waals surface area contributed by atoms with E-state index in [9.17, 15) is 4.79 Å². The van der Waals surface area contributed by atoms with E-state index in [2.05, 4.69) is 34.5 Å². The van der Waals surface area contributed by atoms with Gasteiger partial charge in [-0.15, -0.1) is 11.3 Å². The highest BCUT2D eigenvalue weighted by molar-refractivity contribution is 7.09. The number of methoxy groups -OCH3 is 1. The Hall–Kier alpha value is -2.37. The van der Waals surface area contributed by atoms with Crippen molar-refractivity contribution in [2.75, 3.05) is 20.2 Å². The van der Waals surface area contributed by atoms with Crippen LogP contribution in [-0.2, 0) is 13.1 Å². The number of aromatic nitrogens is 1. The van der Waals surface area contributed by atoms with Crippen LogP contribution < -0.4 is 10.3 Å². The molecule has 0 amide bonds. The van der Waals surface area contributed by atoms with Crippen molar-refractivity contribution in [2.45, 2.75) is 25.4 Å². The Morgan fingerprint density at radius 1 is 1.07 bits per heavy atom. The maximum atomic E-state index is 12.6. The van der Waals surface area contributed by atoms with E-state index in [0.717, 1.165) is 37.5 Å². The highest BCUT2D eigenvalue weighted by Gasteiger charge is 2.36. The van der Waals surface area contributed by atoms with E-state index < -0.39 is 0 Å². The Bertz CT molecular complexity index is 1020. The monoisotopic (exact) mass is 392 g/mol. The fraction of sp³-hybridized carbons (Fsp3) is 0.348. The van der Waals surface area contributed by atoms with E-state index >= 15 is 0 Å². The highest BCUT2D eigenvalue weighted by atomic mass is 32.1. The molecule has 5 rings (SSSR count). The van der Waals surface area contributed by atoms with Gasteiger partial charge in [-0.05, 0) is 47.5 Å². The van der Waals surface area contributed by atoms with E-state index in [1.165, 1.54) is 22.6 Å². The third-order valence-corrected chi connectivity index (χ3v) is 6.89. The smallest absolute Gasteiger partial charge is 0.250 e. The Labute approximate surface area is 169 Å². The van der Waals surface area contributed by atoms with Crippen molar-refractivity contribution in [1.82, 2.24) is 9.47 Å². The number of nitrogens with zero attached hydrogens (tertiary/aromatic N) is 2. The summed E-state index contributed by atoms with van der Waals surface area (Å²) in [4.78, 5) is 16.6. The highest BCUT2D eigenvalue weighted by Crippen LogP contribution is 2.40. The second-order valence-corrected chi connectivity index (χ2v) is 8.91. The van der Waals surface area contributed by atoms with Crippen LogP contribution in [0.4, 0.5) is 0 Å². The third kappa shape index (κ3) is 3.19. The average Bonchev–Trinajstić information content (AvgIpc) is 3.22. The lowest BCUT2D eigenvalue weighted by Crippen LogP contribution is -2.46. The predicted molar refractivity (Wildman–Crippen MR) is 113 cm³/mol. The molecule has 3 aromatic rings. The first-order valence-corrected chi connectivity index (χ1v) is 10.7. The number of hydrogen-bond donors (Lipinski definition) is 0. The summed E-state index contributed by atoms with van der Waals surface area (Å²) < 4.78 is 7.35. The van der Waals surface area contributed by atoms with Gasteiger partial charge in [0, 0.05) is 54.3 Å². The third-order valence-electron chi connectivity index (χ3n) is 6.03. The van der Waals surface area contributed by atoms with Gasteiger partial charge in [0.15, 0.2) is 0 Å².